The average molecular weight is 241 g/mol. The van der Waals surface area contributed by atoms with E-state index in [1.807, 2.05) is 0 Å². The van der Waals surface area contributed by atoms with E-state index in [1.54, 1.807) is 0 Å². The van der Waals surface area contributed by atoms with Gasteiger partial charge in [-0.05, 0) is 12.1 Å². The molecule has 0 amide bonds. The Hall–Kier alpha value is -1.66. The van der Waals surface area contributed by atoms with Gasteiger partial charge < -0.3 is 20.3 Å². The van der Waals surface area contributed by atoms with E-state index in [0.29, 0.717) is 13.2 Å². The van der Waals surface area contributed by atoms with Gasteiger partial charge in [-0.3, -0.25) is 0 Å². The van der Waals surface area contributed by atoms with Crippen LogP contribution in [0.15, 0.2) is 12.1 Å². The highest BCUT2D eigenvalue weighted by Gasteiger charge is 2.25. The predicted molar refractivity (Wildman–Crippen MR) is 56.6 cm³/mol. The topological polar surface area (TPSA) is 78.8 Å². The molecule has 92 valence electrons. The van der Waals surface area contributed by atoms with E-state index in [4.69, 9.17) is 9.84 Å². The zero-order valence-corrected chi connectivity index (χ0v) is 8.94. The van der Waals surface area contributed by atoms with Crippen molar-refractivity contribution < 1.29 is 24.1 Å². The van der Waals surface area contributed by atoms with Gasteiger partial charge in [0.2, 0.25) is 0 Å². The van der Waals surface area contributed by atoms with Crippen LogP contribution in [0.1, 0.15) is 22.0 Å². The summed E-state index contributed by atoms with van der Waals surface area (Å²) < 4.78 is 18.8. The number of carboxylic acids is 1. The standard InChI is InChI=1S/C11H12FNO4/c12-7-2-1-6(11(15)16)10(14)9(7)8-5-17-4-3-13-8/h1-2,8,13-14H,3-5H2,(H,15,16)/t8-/m0/s1. The molecule has 0 saturated carbocycles. The van der Waals surface area contributed by atoms with Crippen molar-refractivity contribution in [2.75, 3.05) is 19.8 Å². The predicted octanol–water partition coefficient (Wildman–Crippen LogP) is 0.890. The minimum absolute atomic E-state index is 0.0513. The number of morpholine rings is 1. The van der Waals surface area contributed by atoms with Crippen molar-refractivity contribution in [2.24, 2.45) is 0 Å². The summed E-state index contributed by atoms with van der Waals surface area (Å²) in [4.78, 5) is 10.8. The molecule has 0 radical (unpaired) electrons. The third-order valence-corrected chi connectivity index (χ3v) is 2.66. The highest BCUT2D eigenvalue weighted by Crippen LogP contribution is 2.31. The molecule has 1 heterocycles. The van der Waals surface area contributed by atoms with Crippen molar-refractivity contribution in [1.29, 1.82) is 0 Å². The summed E-state index contributed by atoms with van der Waals surface area (Å²) in [6.07, 6.45) is 0. The van der Waals surface area contributed by atoms with Crippen molar-refractivity contribution in [3.63, 3.8) is 0 Å². The Morgan fingerprint density at radius 1 is 1.53 bits per heavy atom. The van der Waals surface area contributed by atoms with Crippen molar-refractivity contribution in [1.82, 2.24) is 5.32 Å². The summed E-state index contributed by atoms with van der Waals surface area (Å²) in [5.41, 5.74) is -0.363. The van der Waals surface area contributed by atoms with Crippen molar-refractivity contribution in [2.45, 2.75) is 6.04 Å². The number of benzene rings is 1. The number of phenols is 1. The van der Waals surface area contributed by atoms with Gasteiger partial charge in [0.1, 0.15) is 17.1 Å². The smallest absolute Gasteiger partial charge is 0.339 e. The Morgan fingerprint density at radius 2 is 2.29 bits per heavy atom. The molecular weight excluding hydrogens is 229 g/mol. The van der Waals surface area contributed by atoms with Crippen LogP contribution in [-0.4, -0.2) is 35.9 Å². The SMILES string of the molecule is O=C(O)c1ccc(F)c([C@@H]2COCCN2)c1O. The lowest BCUT2D eigenvalue weighted by molar-refractivity contribution is 0.0686. The lowest BCUT2D eigenvalue weighted by atomic mass is 10.0. The minimum atomic E-state index is -1.29. The van der Waals surface area contributed by atoms with Gasteiger partial charge in [0.15, 0.2) is 0 Å². The summed E-state index contributed by atoms with van der Waals surface area (Å²) in [7, 11) is 0. The molecule has 1 aliphatic rings. The van der Waals surface area contributed by atoms with Crippen LogP contribution in [0.2, 0.25) is 0 Å². The molecule has 0 aromatic heterocycles. The second kappa shape index (κ2) is 4.68. The molecule has 1 aromatic rings. The molecule has 6 heteroatoms. The van der Waals surface area contributed by atoms with E-state index < -0.39 is 23.6 Å². The highest BCUT2D eigenvalue weighted by atomic mass is 19.1. The van der Waals surface area contributed by atoms with Crippen LogP contribution in [0.5, 0.6) is 5.75 Å². The fourth-order valence-electron chi connectivity index (χ4n) is 1.84. The number of hydrogen-bond acceptors (Lipinski definition) is 4. The lowest BCUT2D eigenvalue weighted by Crippen LogP contribution is -2.35. The molecule has 0 aliphatic carbocycles. The first-order chi connectivity index (χ1) is 8.11. The Morgan fingerprint density at radius 3 is 2.88 bits per heavy atom. The van der Waals surface area contributed by atoms with Gasteiger partial charge in [0.05, 0.1) is 19.3 Å². The second-order valence-corrected chi connectivity index (χ2v) is 3.74. The first-order valence-corrected chi connectivity index (χ1v) is 5.17. The number of rotatable bonds is 2. The van der Waals surface area contributed by atoms with Gasteiger partial charge in [-0.2, -0.15) is 0 Å². The van der Waals surface area contributed by atoms with Crippen LogP contribution in [0.25, 0.3) is 0 Å². The third-order valence-electron chi connectivity index (χ3n) is 2.66. The van der Waals surface area contributed by atoms with Gasteiger partial charge in [-0.1, -0.05) is 0 Å². The zero-order chi connectivity index (χ0) is 12.4. The zero-order valence-electron chi connectivity index (χ0n) is 8.94. The molecular formula is C11H12FNO4. The van der Waals surface area contributed by atoms with Gasteiger partial charge >= 0.3 is 5.97 Å². The first kappa shape index (κ1) is 11.8. The molecule has 1 aliphatic heterocycles. The maximum Gasteiger partial charge on any atom is 0.339 e. The monoisotopic (exact) mass is 241 g/mol. The molecule has 17 heavy (non-hydrogen) atoms. The molecule has 2 rings (SSSR count). The maximum atomic E-state index is 13.6. The van der Waals surface area contributed by atoms with Gasteiger partial charge in [-0.15, -0.1) is 0 Å². The van der Waals surface area contributed by atoms with Crippen LogP contribution in [0.3, 0.4) is 0 Å². The van der Waals surface area contributed by atoms with Crippen LogP contribution >= 0.6 is 0 Å². The van der Waals surface area contributed by atoms with Crippen LogP contribution in [0, 0.1) is 5.82 Å². The lowest BCUT2D eigenvalue weighted by Gasteiger charge is -2.25. The Bertz CT molecular complexity index is 443. The largest absolute Gasteiger partial charge is 0.507 e. The number of ether oxygens (including phenoxy) is 1. The average Bonchev–Trinajstić information content (AvgIpc) is 2.30. The quantitative estimate of drug-likeness (QED) is 0.716. The highest BCUT2D eigenvalue weighted by molar-refractivity contribution is 5.91. The van der Waals surface area contributed by atoms with E-state index in [2.05, 4.69) is 5.32 Å². The molecule has 1 fully saturated rings. The maximum absolute atomic E-state index is 13.6. The van der Waals surface area contributed by atoms with E-state index in [9.17, 15) is 14.3 Å². The molecule has 1 aromatic carbocycles. The van der Waals surface area contributed by atoms with E-state index in [0.717, 1.165) is 12.1 Å². The summed E-state index contributed by atoms with van der Waals surface area (Å²) in [6, 6.07) is 1.55. The minimum Gasteiger partial charge on any atom is -0.507 e. The van der Waals surface area contributed by atoms with Crippen molar-refractivity contribution in [3.8, 4) is 5.75 Å². The van der Waals surface area contributed by atoms with Gasteiger partial charge in [0, 0.05) is 12.1 Å². The van der Waals surface area contributed by atoms with E-state index in [1.165, 1.54) is 0 Å². The van der Waals surface area contributed by atoms with Crippen molar-refractivity contribution >= 4 is 5.97 Å². The number of carboxylic acid groups (broad SMARTS) is 1. The fraction of sp³-hybridized carbons (Fsp3) is 0.364. The summed E-state index contributed by atoms with van der Waals surface area (Å²) in [5.74, 6) is -2.48. The molecule has 5 nitrogen and oxygen atoms in total. The Kier molecular flexibility index (Phi) is 3.26. The first-order valence-electron chi connectivity index (χ1n) is 5.17. The molecule has 0 bridgehead atoms. The Balaban J connectivity index is 2.43. The van der Waals surface area contributed by atoms with E-state index in [-0.39, 0.29) is 17.7 Å². The molecule has 1 atom stereocenters. The van der Waals surface area contributed by atoms with Crippen LogP contribution < -0.4 is 5.32 Å². The number of halogens is 1. The molecule has 1 saturated heterocycles. The fourth-order valence-corrected chi connectivity index (χ4v) is 1.84. The summed E-state index contributed by atoms with van der Waals surface area (Å²) in [6.45, 7) is 1.24. The van der Waals surface area contributed by atoms with Crippen molar-refractivity contribution in [3.05, 3.63) is 29.1 Å². The normalized spacial score (nSPS) is 20.2. The third kappa shape index (κ3) is 2.22. The van der Waals surface area contributed by atoms with Gasteiger partial charge in [-0.25, -0.2) is 9.18 Å². The summed E-state index contributed by atoms with van der Waals surface area (Å²) >= 11 is 0. The number of aromatic hydroxyl groups is 1. The van der Waals surface area contributed by atoms with Crippen LogP contribution in [0.4, 0.5) is 4.39 Å². The number of nitrogens with one attached hydrogen (secondary N) is 1. The van der Waals surface area contributed by atoms with Gasteiger partial charge in [0.25, 0.3) is 0 Å². The summed E-state index contributed by atoms with van der Waals surface area (Å²) in [5, 5.41) is 21.6. The second-order valence-electron chi connectivity index (χ2n) is 3.74. The molecule has 3 N–H and O–H groups in total. The molecule has 0 spiro atoms. The number of aromatic carboxylic acids is 1. The Labute approximate surface area is 96.8 Å². The van der Waals surface area contributed by atoms with E-state index >= 15 is 0 Å². The number of carbonyl (C=O) groups is 1. The molecule has 0 unspecified atom stereocenters. The van der Waals surface area contributed by atoms with Crippen LogP contribution in [-0.2, 0) is 4.74 Å². The number of hydrogen-bond donors (Lipinski definition) is 3.